The van der Waals surface area contributed by atoms with Gasteiger partial charge in [0.1, 0.15) is 0 Å². The van der Waals surface area contributed by atoms with Gasteiger partial charge in [-0.3, -0.25) is 0 Å². The number of rotatable bonds is 2. The van der Waals surface area contributed by atoms with Gasteiger partial charge in [-0.25, -0.2) is 0 Å². The van der Waals surface area contributed by atoms with Crippen LogP contribution in [0.4, 0.5) is 0 Å². The van der Waals surface area contributed by atoms with Crippen molar-refractivity contribution < 1.29 is 5.11 Å². The molecule has 0 bridgehead atoms. The second kappa shape index (κ2) is 8.02. The van der Waals surface area contributed by atoms with Crippen molar-refractivity contribution in [2.24, 2.45) is 0 Å². The number of aliphatic hydroxyl groups is 1. The maximum absolute atomic E-state index is 7.00. The summed E-state index contributed by atoms with van der Waals surface area (Å²) in [6.45, 7) is 6.29. The number of likely N-dealkylation sites (tertiary alicyclic amines) is 1. The van der Waals surface area contributed by atoms with Crippen LogP contribution in [0.25, 0.3) is 0 Å². The molecule has 1 rings (SSSR count). The highest BCUT2D eigenvalue weighted by Gasteiger charge is 2.07. The van der Waals surface area contributed by atoms with Crippen LogP contribution in [-0.4, -0.2) is 36.8 Å². The summed E-state index contributed by atoms with van der Waals surface area (Å²) in [7, 11) is 1.00. The van der Waals surface area contributed by atoms with E-state index in [-0.39, 0.29) is 0 Å². The van der Waals surface area contributed by atoms with Crippen LogP contribution in [0, 0.1) is 0 Å². The van der Waals surface area contributed by atoms with E-state index in [0.717, 1.165) is 7.11 Å². The Morgan fingerprint density at radius 2 is 1.64 bits per heavy atom. The van der Waals surface area contributed by atoms with Crippen molar-refractivity contribution in [2.75, 3.05) is 26.7 Å². The quantitative estimate of drug-likeness (QED) is 0.660. The van der Waals surface area contributed by atoms with Gasteiger partial charge >= 0.3 is 0 Å². The molecule has 0 atom stereocenters. The summed E-state index contributed by atoms with van der Waals surface area (Å²) >= 11 is 0. The standard InChI is InChI=1S/C8H17N.CH4O/c1-2-6-9-7-4-3-5-8-9;1-2/h2-8H2,1H3;2H,1H3. The second-order valence-corrected chi connectivity index (χ2v) is 2.90. The Labute approximate surface area is 70.2 Å². The molecule has 1 N–H and O–H groups in total. The zero-order valence-electron chi connectivity index (χ0n) is 7.84. The molecule has 0 saturated carbocycles. The van der Waals surface area contributed by atoms with Crippen molar-refractivity contribution in [3.63, 3.8) is 0 Å². The molecule has 68 valence electrons. The summed E-state index contributed by atoms with van der Waals surface area (Å²) in [5.41, 5.74) is 0. The summed E-state index contributed by atoms with van der Waals surface area (Å²) in [5.74, 6) is 0. The molecule has 1 heterocycles. The second-order valence-electron chi connectivity index (χ2n) is 2.90. The first-order valence-corrected chi connectivity index (χ1v) is 4.60. The highest BCUT2D eigenvalue weighted by Crippen LogP contribution is 2.07. The molecule has 0 spiro atoms. The SMILES string of the molecule is CCCN1CCCCC1.CO. The summed E-state index contributed by atoms with van der Waals surface area (Å²) < 4.78 is 0. The van der Waals surface area contributed by atoms with E-state index >= 15 is 0 Å². The average molecular weight is 159 g/mol. The molecule has 0 aromatic carbocycles. The van der Waals surface area contributed by atoms with Crippen LogP contribution in [0.2, 0.25) is 0 Å². The van der Waals surface area contributed by atoms with Crippen molar-refractivity contribution in [1.29, 1.82) is 0 Å². The summed E-state index contributed by atoms with van der Waals surface area (Å²) in [4.78, 5) is 2.57. The molecule has 11 heavy (non-hydrogen) atoms. The fraction of sp³-hybridized carbons (Fsp3) is 1.00. The molecule has 0 aromatic rings. The number of aliphatic hydroxyl groups excluding tert-OH is 1. The minimum absolute atomic E-state index is 1.00. The third-order valence-corrected chi connectivity index (χ3v) is 1.99. The minimum atomic E-state index is 1.00. The van der Waals surface area contributed by atoms with Gasteiger partial charge in [-0.1, -0.05) is 13.3 Å². The van der Waals surface area contributed by atoms with Crippen molar-refractivity contribution >= 4 is 0 Å². The van der Waals surface area contributed by atoms with E-state index in [9.17, 15) is 0 Å². The largest absolute Gasteiger partial charge is 0.400 e. The van der Waals surface area contributed by atoms with E-state index < -0.39 is 0 Å². The molecule has 1 aliphatic heterocycles. The van der Waals surface area contributed by atoms with Gasteiger partial charge in [0.2, 0.25) is 0 Å². The fourth-order valence-electron chi connectivity index (χ4n) is 1.50. The average Bonchev–Trinajstić information content (AvgIpc) is 2.11. The monoisotopic (exact) mass is 159 g/mol. The molecule has 0 aliphatic carbocycles. The third kappa shape index (κ3) is 5.22. The van der Waals surface area contributed by atoms with Gasteiger partial charge in [-0.05, 0) is 38.9 Å². The van der Waals surface area contributed by atoms with Crippen molar-refractivity contribution in [3.8, 4) is 0 Å². The highest BCUT2D eigenvalue weighted by molar-refractivity contribution is 4.62. The van der Waals surface area contributed by atoms with Gasteiger partial charge in [0.05, 0.1) is 0 Å². The molecular formula is C9H21NO. The summed E-state index contributed by atoms with van der Waals surface area (Å²) in [6.07, 6.45) is 5.64. The maximum Gasteiger partial charge on any atom is 0.0319 e. The predicted molar refractivity (Wildman–Crippen MR) is 48.7 cm³/mol. The molecule has 0 amide bonds. The molecule has 1 saturated heterocycles. The van der Waals surface area contributed by atoms with Crippen LogP contribution in [-0.2, 0) is 0 Å². The first kappa shape index (κ1) is 10.9. The van der Waals surface area contributed by atoms with E-state index in [2.05, 4.69) is 11.8 Å². The lowest BCUT2D eigenvalue weighted by Gasteiger charge is -2.25. The molecule has 0 radical (unpaired) electrons. The highest BCUT2D eigenvalue weighted by atomic mass is 16.2. The number of hydrogen-bond donors (Lipinski definition) is 1. The number of nitrogens with zero attached hydrogens (tertiary/aromatic N) is 1. The first-order valence-electron chi connectivity index (χ1n) is 4.60. The Kier molecular flexibility index (Phi) is 7.96. The molecule has 1 fully saturated rings. The zero-order valence-corrected chi connectivity index (χ0v) is 7.84. The van der Waals surface area contributed by atoms with Gasteiger partial charge in [0.15, 0.2) is 0 Å². The van der Waals surface area contributed by atoms with Gasteiger partial charge in [-0.2, -0.15) is 0 Å². The van der Waals surface area contributed by atoms with Gasteiger partial charge in [0.25, 0.3) is 0 Å². The molecule has 2 nitrogen and oxygen atoms in total. The van der Waals surface area contributed by atoms with Gasteiger partial charge in [-0.15, -0.1) is 0 Å². The predicted octanol–water partition coefficient (Wildman–Crippen LogP) is 1.49. The van der Waals surface area contributed by atoms with Gasteiger partial charge < -0.3 is 10.0 Å². The lowest BCUT2D eigenvalue weighted by atomic mass is 10.1. The fourth-order valence-corrected chi connectivity index (χ4v) is 1.50. The van der Waals surface area contributed by atoms with Crippen molar-refractivity contribution in [2.45, 2.75) is 32.6 Å². The van der Waals surface area contributed by atoms with Crippen LogP contribution >= 0.6 is 0 Å². The molecular weight excluding hydrogens is 138 g/mol. The first-order chi connectivity index (χ1) is 5.43. The van der Waals surface area contributed by atoms with E-state index in [0.29, 0.717) is 0 Å². The van der Waals surface area contributed by atoms with Crippen LogP contribution < -0.4 is 0 Å². The summed E-state index contributed by atoms with van der Waals surface area (Å²) in [6, 6.07) is 0. The van der Waals surface area contributed by atoms with Crippen LogP contribution in [0.15, 0.2) is 0 Å². The van der Waals surface area contributed by atoms with E-state index in [4.69, 9.17) is 5.11 Å². The molecule has 0 unspecified atom stereocenters. The summed E-state index contributed by atoms with van der Waals surface area (Å²) in [5, 5.41) is 7.00. The van der Waals surface area contributed by atoms with E-state index in [1.54, 1.807) is 0 Å². The number of hydrogen-bond acceptors (Lipinski definition) is 2. The third-order valence-electron chi connectivity index (χ3n) is 1.99. The van der Waals surface area contributed by atoms with E-state index in [1.807, 2.05) is 0 Å². The Balaban J connectivity index is 0.000000461. The lowest BCUT2D eigenvalue weighted by molar-refractivity contribution is 0.229. The van der Waals surface area contributed by atoms with Crippen molar-refractivity contribution in [3.05, 3.63) is 0 Å². The lowest BCUT2D eigenvalue weighted by Crippen LogP contribution is -2.30. The van der Waals surface area contributed by atoms with Crippen LogP contribution in [0.1, 0.15) is 32.6 Å². The Bertz CT molecular complexity index is 67.2. The zero-order chi connectivity index (χ0) is 8.53. The van der Waals surface area contributed by atoms with E-state index in [1.165, 1.54) is 45.3 Å². The van der Waals surface area contributed by atoms with Crippen LogP contribution in [0.5, 0.6) is 0 Å². The molecule has 1 aliphatic rings. The topological polar surface area (TPSA) is 23.5 Å². The minimum Gasteiger partial charge on any atom is -0.400 e. The van der Waals surface area contributed by atoms with Crippen molar-refractivity contribution in [1.82, 2.24) is 4.90 Å². The molecule has 2 heteroatoms. The smallest absolute Gasteiger partial charge is 0.0319 e. The van der Waals surface area contributed by atoms with Gasteiger partial charge in [0, 0.05) is 7.11 Å². The molecule has 0 aromatic heterocycles. The maximum atomic E-state index is 7.00. The van der Waals surface area contributed by atoms with Crippen LogP contribution in [0.3, 0.4) is 0 Å². The Morgan fingerprint density at radius 1 is 1.09 bits per heavy atom. The Hall–Kier alpha value is -0.0800. The number of piperidine rings is 1. The normalized spacial score (nSPS) is 18.8. The Morgan fingerprint density at radius 3 is 2.09 bits per heavy atom.